The molecule has 12 rings (SSSR count). The van der Waals surface area contributed by atoms with Gasteiger partial charge in [0.15, 0.2) is 0 Å². The van der Waals surface area contributed by atoms with Gasteiger partial charge in [-0.1, -0.05) is 218 Å². The SMILES string of the molecule is CC(C)(C)c1ccc(N(c2cccc(N(c3ccc(C(C)(C)C)cc3)c3cc(C(C)(C)C)cc(N(c4ccc(C(C)(C)C)cc4)c4ccc5c(c4)C(C)(C)c4ccccc4-5)c3Cl)c2)c2ccc3c(c2)oc2ccc(-c4ccccc4)cc23)cc1. The van der Waals surface area contributed by atoms with Crippen LogP contribution in [0.3, 0.4) is 0 Å². The van der Waals surface area contributed by atoms with Crippen molar-refractivity contribution in [2.24, 2.45) is 0 Å². The topological polar surface area (TPSA) is 22.9 Å². The Morgan fingerprint density at radius 2 is 0.774 bits per heavy atom. The molecule has 1 aliphatic rings. The highest BCUT2D eigenvalue weighted by Gasteiger charge is 2.37. The van der Waals surface area contributed by atoms with Gasteiger partial charge in [0, 0.05) is 62.1 Å². The molecule has 10 aromatic carbocycles. The highest BCUT2D eigenvalue weighted by atomic mass is 35.5. The Bertz CT molecular complexity index is 4250. The Labute approximate surface area is 504 Å². The van der Waals surface area contributed by atoms with Crippen LogP contribution in [0.25, 0.3) is 44.2 Å². The average Bonchev–Trinajstić information content (AvgIpc) is 2.15. The number of fused-ring (bicyclic) bond motifs is 6. The highest BCUT2D eigenvalue weighted by molar-refractivity contribution is 6.37. The first-order valence-electron chi connectivity index (χ1n) is 29.8. The summed E-state index contributed by atoms with van der Waals surface area (Å²) >= 11 is 8.35. The molecule has 1 heterocycles. The fourth-order valence-electron chi connectivity index (χ4n) is 12.3. The van der Waals surface area contributed by atoms with E-state index in [1.165, 1.54) is 44.5 Å². The van der Waals surface area contributed by atoms with Gasteiger partial charge in [-0.25, -0.2) is 0 Å². The first-order valence-corrected chi connectivity index (χ1v) is 30.1. The Morgan fingerprint density at radius 1 is 0.321 bits per heavy atom. The Hall–Kier alpha value is -8.31. The number of benzene rings is 10. The smallest absolute Gasteiger partial charge is 0.137 e. The van der Waals surface area contributed by atoms with Crippen LogP contribution in [0.4, 0.5) is 51.2 Å². The number of anilines is 9. The van der Waals surface area contributed by atoms with Crippen LogP contribution >= 0.6 is 11.6 Å². The second-order valence-corrected chi connectivity index (χ2v) is 28.1. The monoisotopic (exact) mass is 1120 g/mol. The minimum Gasteiger partial charge on any atom is -0.456 e. The minimum atomic E-state index is -0.268. The molecule has 0 bridgehead atoms. The van der Waals surface area contributed by atoms with Crippen molar-refractivity contribution in [1.29, 1.82) is 0 Å². The lowest BCUT2D eigenvalue weighted by molar-refractivity contribution is 0.589. The van der Waals surface area contributed by atoms with Crippen LogP contribution in [0.1, 0.15) is 130 Å². The fraction of sp³-hybridized carbons (Fsp3) is 0.241. The number of hydrogen-bond donors (Lipinski definition) is 0. The molecular formula is C79H78ClN3O. The number of nitrogens with zero attached hydrogens (tertiary/aromatic N) is 3. The normalized spacial score (nSPS) is 13.3. The quantitative estimate of drug-likeness (QED) is 0.136. The van der Waals surface area contributed by atoms with Gasteiger partial charge in [0.25, 0.3) is 0 Å². The van der Waals surface area contributed by atoms with Crippen LogP contribution in [0.5, 0.6) is 0 Å². The molecule has 0 spiro atoms. The van der Waals surface area contributed by atoms with E-state index in [1.54, 1.807) is 0 Å². The second-order valence-electron chi connectivity index (χ2n) is 27.8. The van der Waals surface area contributed by atoms with Crippen LogP contribution in [-0.2, 0) is 27.1 Å². The number of furan rings is 1. The summed E-state index contributed by atoms with van der Waals surface area (Å²) in [7, 11) is 0. The maximum absolute atomic E-state index is 8.35. The molecule has 0 fully saturated rings. The molecule has 5 heteroatoms. The van der Waals surface area contributed by atoms with E-state index in [2.05, 4.69) is 330 Å². The van der Waals surface area contributed by atoms with Crippen molar-refractivity contribution in [3.8, 4) is 22.3 Å². The summed E-state index contributed by atoms with van der Waals surface area (Å²) in [6.07, 6.45) is 0. The summed E-state index contributed by atoms with van der Waals surface area (Å²) in [6.45, 7) is 32.0. The summed E-state index contributed by atoms with van der Waals surface area (Å²) in [5, 5.41) is 2.80. The molecule has 1 aliphatic carbocycles. The van der Waals surface area contributed by atoms with Crippen molar-refractivity contribution in [3.63, 3.8) is 0 Å². The average molecular weight is 1120 g/mol. The molecule has 0 saturated carbocycles. The van der Waals surface area contributed by atoms with Gasteiger partial charge < -0.3 is 19.1 Å². The van der Waals surface area contributed by atoms with E-state index in [-0.39, 0.29) is 27.1 Å². The first-order chi connectivity index (χ1) is 39.8. The summed E-state index contributed by atoms with van der Waals surface area (Å²) in [5.41, 5.74) is 22.4. The molecule has 0 saturated heterocycles. The van der Waals surface area contributed by atoms with Crippen molar-refractivity contribution in [3.05, 3.63) is 257 Å². The molecule has 0 aliphatic heterocycles. The lowest BCUT2D eigenvalue weighted by atomic mass is 9.82. The first kappa shape index (κ1) is 56.2. The van der Waals surface area contributed by atoms with Crippen molar-refractivity contribution in [1.82, 2.24) is 0 Å². The molecule has 0 unspecified atom stereocenters. The molecule has 0 amide bonds. The van der Waals surface area contributed by atoms with Gasteiger partial charge in [-0.15, -0.1) is 0 Å². The summed E-state index contributed by atoms with van der Waals surface area (Å²) in [4.78, 5) is 7.12. The molecule has 0 radical (unpaired) electrons. The van der Waals surface area contributed by atoms with Crippen LogP contribution in [0.2, 0.25) is 5.02 Å². The predicted molar refractivity (Wildman–Crippen MR) is 361 cm³/mol. The van der Waals surface area contributed by atoms with E-state index >= 15 is 0 Å². The van der Waals surface area contributed by atoms with E-state index in [9.17, 15) is 0 Å². The largest absolute Gasteiger partial charge is 0.456 e. The molecule has 1 aromatic heterocycles. The predicted octanol–water partition coefficient (Wildman–Crippen LogP) is 23.8. The van der Waals surface area contributed by atoms with E-state index < -0.39 is 0 Å². The molecule has 422 valence electrons. The molecule has 0 N–H and O–H groups in total. The van der Waals surface area contributed by atoms with Crippen LogP contribution in [0.15, 0.2) is 223 Å². The molecule has 4 nitrogen and oxygen atoms in total. The van der Waals surface area contributed by atoms with Gasteiger partial charge >= 0.3 is 0 Å². The number of rotatable bonds is 10. The molecular weight excluding hydrogens is 1040 g/mol. The van der Waals surface area contributed by atoms with Gasteiger partial charge in [-0.05, 0) is 180 Å². The zero-order chi connectivity index (χ0) is 59.3. The number of hydrogen-bond acceptors (Lipinski definition) is 4. The van der Waals surface area contributed by atoms with Crippen molar-refractivity contribution >= 4 is 84.7 Å². The summed E-state index contributed by atoms with van der Waals surface area (Å²) in [6, 6.07) is 80.4. The van der Waals surface area contributed by atoms with Gasteiger partial charge in [0.05, 0.1) is 16.4 Å². The lowest BCUT2D eigenvalue weighted by Crippen LogP contribution is -2.20. The van der Waals surface area contributed by atoms with Crippen LogP contribution < -0.4 is 14.7 Å². The van der Waals surface area contributed by atoms with Gasteiger partial charge in [-0.2, -0.15) is 0 Å². The standard InChI is InChI=1S/C79H78ClN3O/c1-75(2,3)53-28-34-57(35-29-53)81(63-41-43-66-67-45-52(51-21-16-15-17-22-51)27-44-72(67)84-73(66)50-63)60-23-20-24-61(48-60)82(58-36-30-54(31-37-58)76(4,5)6)70-46-56(78(10,11)12)47-71(74(70)80)83(59-38-32-55(33-39-59)77(7,8)9)62-40-42-65-64-25-18-19-26-68(64)79(13,14)69(65)49-62/h15-50H,1-14H3. The zero-order valence-electron chi connectivity index (χ0n) is 51.4. The summed E-state index contributed by atoms with van der Waals surface area (Å²) in [5.74, 6) is 0. The van der Waals surface area contributed by atoms with E-state index in [0.717, 1.165) is 84.3 Å². The van der Waals surface area contributed by atoms with Gasteiger partial charge in [0.2, 0.25) is 0 Å². The third-order valence-corrected chi connectivity index (χ3v) is 17.7. The number of halogens is 1. The van der Waals surface area contributed by atoms with Gasteiger partial charge in [-0.3, -0.25) is 0 Å². The maximum atomic E-state index is 8.35. The molecule has 0 atom stereocenters. The highest BCUT2D eigenvalue weighted by Crippen LogP contribution is 2.54. The van der Waals surface area contributed by atoms with Gasteiger partial charge in [0.1, 0.15) is 11.2 Å². The zero-order valence-corrected chi connectivity index (χ0v) is 52.2. The minimum absolute atomic E-state index is 0.0216. The van der Waals surface area contributed by atoms with Crippen LogP contribution in [0, 0.1) is 0 Å². The third-order valence-electron chi connectivity index (χ3n) is 17.3. The van der Waals surface area contributed by atoms with E-state index in [1.807, 2.05) is 0 Å². The second kappa shape index (κ2) is 20.8. The Morgan fingerprint density at radius 3 is 1.32 bits per heavy atom. The Balaban J connectivity index is 1.07. The van der Waals surface area contributed by atoms with Crippen molar-refractivity contribution < 1.29 is 4.42 Å². The maximum Gasteiger partial charge on any atom is 0.137 e. The summed E-state index contributed by atoms with van der Waals surface area (Å²) < 4.78 is 6.74. The van der Waals surface area contributed by atoms with Crippen molar-refractivity contribution in [2.75, 3.05) is 14.7 Å². The fourth-order valence-corrected chi connectivity index (χ4v) is 12.6. The molecule has 84 heavy (non-hydrogen) atoms. The van der Waals surface area contributed by atoms with Crippen molar-refractivity contribution in [2.45, 2.75) is 124 Å². The molecule has 11 aromatic rings. The lowest BCUT2D eigenvalue weighted by Gasteiger charge is -2.35. The Kier molecular flexibility index (Phi) is 13.9. The third kappa shape index (κ3) is 10.4. The van der Waals surface area contributed by atoms with E-state index in [4.69, 9.17) is 16.0 Å². The van der Waals surface area contributed by atoms with E-state index in [0.29, 0.717) is 5.02 Å². The van der Waals surface area contributed by atoms with Crippen LogP contribution in [-0.4, -0.2) is 0 Å².